The second-order valence-corrected chi connectivity index (χ2v) is 8.34. The Hall–Kier alpha value is -2.04. The molecule has 2 heterocycles. The molecule has 2 aromatic carbocycles. The van der Waals surface area contributed by atoms with Crippen molar-refractivity contribution in [2.24, 2.45) is 0 Å². The number of hydrogen-bond donors (Lipinski definition) is 0. The van der Waals surface area contributed by atoms with Gasteiger partial charge in [-0.05, 0) is 24.3 Å². The highest BCUT2D eigenvalue weighted by atomic mass is 35.5. The van der Waals surface area contributed by atoms with E-state index in [0.717, 1.165) is 25.2 Å². The molecule has 0 spiro atoms. The van der Waals surface area contributed by atoms with Crippen LogP contribution in [0.15, 0.2) is 30.3 Å². The summed E-state index contributed by atoms with van der Waals surface area (Å²) in [5, 5.41) is 0.844. The first-order valence-corrected chi connectivity index (χ1v) is 10.9. The maximum atomic E-state index is 14.4. The van der Waals surface area contributed by atoms with E-state index in [9.17, 15) is 13.6 Å². The average Bonchev–Trinajstić information content (AvgIpc) is 3.21. The van der Waals surface area contributed by atoms with Crippen molar-refractivity contribution in [3.8, 4) is 5.75 Å². The highest BCUT2D eigenvalue weighted by molar-refractivity contribution is 7.23. The molecule has 0 aliphatic carbocycles. The van der Waals surface area contributed by atoms with Gasteiger partial charge < -0.3 is 9.47 Å². The van der Waals surface area contributed by atoms with E-state index >= 15 is 0 Å². The molecule has 172 valence electrons. The van der Waals surface area contributed by atoms with Crippen LogP contribution in [0, 0.1) is 11.6 Å². The molecule has 0 N–H and O–H groups in total. The van der Waals surface area contributed by atoms with Gasteiger partial charge in [-0.3, -0.25) is 14.6 Å². The number of rotatable bonds is 6. The Balaban J connectivity index is 0.00000289. The quantitative estimate of drug-likeness (QED) is 0.490. The number of thiazole rings is 1. The Bertz CT molecular complexity index is 1110. The molecule has 1 aromatic heterocycles. The van der Waals surface area contributed by atoms with Crippen LogP contribution in [-0.2, 0) is 4.74 Å². The van der Waals surface area contributed by atoms with Crippen LogP contribution < -0.4 is 9.64 Å². The lowest BCUT2D eigenvalue weighted by Crippen LogP contribution is -2.43. The molecule has 1 fully saturated rings. The molecule has 0 unspecified atom stereocenters. The highest BCUT2D eigenvalue weighted by Crippen LogP contribution is 2.39. The van der Waals surface area contributed by atoms with E-state index in [-0.39, 0.29) is 24.5 Å². The molecule has 3 aromatic rings. The molecular weight excluding hydrogens is 483 g/mol. The van der Waals surface area contributed by atoms with Crippen molar-refractivity contribution in [3.05, 3.63) is 52.6 Å². The molecule has 11 heteroatoms. The van der Waals surface area contributed by atoms with Gasteiger partial charge in [0.05, 0.1) is 35.6 Å². The van der Waals surface area contributed by atoms with Gasteiger partial charge in [0.15, 0.2) is 5.13 Å². The first-order valence-electron chi connectivity index (χ1n) is 9.68. The zero-order valence-corrected chi connectivity index (χ0v) is 19.5. The monoisotopic (exact) mass is 503 g/mol. The molecule has 1 aliphatic rings. The molecule has 0 radical (unpaired) electrons. The average molecular weight is 504 g/mol. The van der Waals surface area contributed by atoms with Crippen molar-refractivity contribution in [2.75, 3.05) is 51.4 Å². The summed E-state index contributed by atoms with van der Waals surface area (Å²) in [5.74, 6) is -1.74. The van der Waals surface area contributed by atoms with Crippen molar-refractivity contribution in [1.82, 2.24) is 9.88 Å². The number of aromatic nitrogens is 1. The number of fused-ring (bicyclic) bond motifs is 1. The standard InChI is InChI=1S/C21H20ClF2N3O3S.ClH/c1-29-17-5-4-15(22)19-18(17)25-21(31-19)27(7-6-26-8-10-30-11-9-26)20(28)14-3-2-13(23)12-16(14)24;/h2-5,12H,6-11H2,1H3;1H. The highest BCUT2D eigenvalue weighted by Gasteiger charge is 2.26. The molecule has 1 amide bonds. The predicted molar refractivity (Wildman–Crippen MR) is 124 cm³/mol. The molecule has 0 saturated carbocycles. The summed E-state index contributed by atoms with van der Waals surface area (Å²) in [4.78, 5) is 21.4. The van der Waals surface area contributed by atoms with Crippen molar-refractivity contribution < 1.29 is 23.0 Å². The largest absolute Gasteiger partial charge is 0.494 e. The number of carbonyl (C=O) groups excluding carboxylic acids is 1. The predicted octanol–water partition coefficient (Wildman–Crippen LogP) is 4.64. The van der Waals surface area contributed by atoms with E-state index in [2.05, 4.69) is 9.88 Å². The van der Waals surface area contributed by atoms with Crippen LogP contribution in [0.1, 0.15) is 10.4 Å². The van der Waals surface area contributed by atoms with E-state index in [4.69, 9.17) is 21.1 Å². The molecule has 4 rings (SSSR count). The zero-order valence-electron chi connectivity index (χ0n) is 17.1. The van der Waals surface area contributed by atoms with Gasteiger partial charge in [0, 0.05) is 32.2 Å². The fourth-order valence-corrected chi connectivity index (χ4v) is 4.66. The Kier molecular flexibility index (Phi) is 8.24. The van der Waals surface area contributed by atoms with Crippen LogP contribution in [0.4, 0.5) is 13.9 Å². The third-order valence-electron chi connectivity index (χ3n) is 5.05. The summed E-state index contributed by atoms with van der Waals surface area (Å²) in [5.41, 5.74) is 0.305. The fraction of sp³-hybridized carbons (Fsp3) is 0.333. The number of nitrogens with zero attached hydrogens (tertiary/aromatic N) is 3. The van der Waals surface area contributed by atoms with Gasteiger partial charge in [0.2, 0.25) is 0 Å². The van der Waals surface area contributed by atoms with Gasteiger partial charge in [-0.1, -0.05) is 22.9 Å². The number of halogens is 4. The van der Waals surface area contributed by atoms with Gasteiger partial charge in [-0.2, -0.15) is 0 Å². The molecule has 1 saturated heterocycles. The minimum absolute atomic E-state index is 0. The van der Waals surface area contributed by atoms with E-state index in [1.165, 1.54) is 23.3 Å². The summed E-state index contributed by atoms with van der Waals surface area (Å²) in [6.07, 6.45) is 0. The summed E-state index contributed by atoms with van der Waals surface area (Å²) in [6.45, 7) is 3.55. The van der Waals surface area contributed by atoms with E-state index in [0.29, 0.717) is 51.9 Å². The number of benzene rings is 2. The van der Waals surface area contributed by atoms with Crippen LogP contribution >= 0.6 is 35.3 Å². The number of carbonyl (C=O) groups is 1. The third kappa shape index (κ3) is 5.13. The minimum Gasteiger partial charge on any atom is -0.494 e. The molecule has 0 bridgehead atoms. The van der Waals surface area contributed by atoms with E-state index < -0.39 is 17.5 Å². The molecule has 32 heavy (non-hydrogen) atoms. The zero-order chi connectivity index (χ0) is 22.0. The molecular formula is C21H21Cl2F2N3O3S. The lowest BCUT2D eigenvalue weighted by atomic mass is 10.2. The van der Waals surface area contributed by atoms with Crippen LogP contribution in [0.3, 0.4) is 0 Å². The molecule has 6 nitrogen and oxygen atoms in total. The second kappa shape index (κ2) is 10.7. The van der Waals surface area contributed by atoms with Crippen molar-refractivity contribution in [2.45, 2.75) is 0 Å². The van der Waals surface area contributed by atoms with Crippen molar-refractivity contribution in [1.29, 1.82) is 0 Å². The van der Waals surface area contributed by atoms with Crippen LogP contribution in [-0.4, -0.2) is 62.3 Å². The number of amides is 1. The SMILES string of the molecule is COc1ccc(Cl)c2sc(N(CCN3CCOCC3)C(=O)c3ccc(F)cc3F)nc12.Cl. The molecule has 1 aliphatic heterocycles. The maximum Gasteiger partial charge on any atom is 0.263 e. The van der Waals surface area contributed by atoms with Crippen molar-refractivity contribution in [3.63, 3.8) is 0 Å². The summed E-state index contributed by atoms with van der Waals surface area (Å²) >= 11 is 7.55. The Labute approximate surface area is 199 Å². The van der Waals surface area contributed by atoms with Gasteiger partial charge >= 0.3 is 0 Å². The van der Waals surface area contributed by atoms with Crippen LogP contribution in [0.5, 0.6) is 5.75 Å². The topological polar surface area (TPSA) is 54.9 Å². The Morgan fingerprint density at radius 3 is 2.72 bits per heavy atom. The van der Waals surface area contributed by atoms with Crippen LogP contribution in [0.2, 0.25) is 5.02 Å². The number of hydrogen-bond acceptors (Lipinski definition) is 6. The van der Waals surface area contributed by atoms with E-state index in [1.807, 2.05) is 0 Å². The van der Waals surface area contributed by atoms with Gasteiger partial charge in [0.1, 0.15) is 22.9 Å². The number of morpholine rings is 1. The fourth-order valence-electron chi connectivity index (χ4n) is 3.38. The number of ether oxygens (including phenoxy) is 2. The lowest BCUT2D eigenvalue weighted by Gasteiger charge is -2.29. The van der Waals surface area contributed by atoms with Gasteiger partial charge in [-0.15, -0.1) is 12.4 Å². The summed E-state index contributed by atoms with van der Waals surface area (Å²) in [7, 11) is 1.52. The number of anilines is 1. The minimum atomic E-state index is -0.918. The van der Waals surface area contributed by atoms with Gasteiger partial charge in [-0.25, -0.2) is 13.8 Å². The summed E-state index contributed by atoms with van der Waals surface area (Å²) in [6, 6.07) is 6.31. The first kappa shape index (κ1) is 24.6. The lowest BCUT2D eigenvalue weighted by molar-refractivity contribution is 0.0391. The third-order valence-corrected chi connectivity index (χ3v) is 6.59. The van der Waals surface area contributed by atoms with Gasteiger partial charge in [0.25, 0.3) is 5.91 Å². The maximum absolute atomic E-state index is 14.4. The normalized spacial score (nSPS) is 14.2. The first-order chi connectivity index (χ1) is 15.0. The second-order valence-electron chi connectivity index (χ2n) is 6.96. The van der Waals surface area contributed by atoms with E-state index in [1.54, 1.807) is 12.1 Å². The molecule has 0 atom stereocenters. The Morgan fingerprint density at radius 1 is 1.28 bits per heavy atom. The summed E-state index contributed by atoms with van der Waals surface area (Å²) < 4.78 is 39.2. The number of methoxy groups -OCH3 is 1. The van der Waals surface area contributed by atoms with Crippen molar-refractivity contribution >= 4 is 56.6 Å². The van der Waals surface area contributed by atoms with Crippen LogP contribution in [0.25, 0.3) is 10.2 Å². The smallest absolute Gasteiger partial charge is 0.263 e. The Morgan fingerprint density at radius 2 is 2.03 bits per heavy atom.